The summed E-state index contributed by atoms with van der Waals surface area (Å²) in [5.74, 6) is 1.72. The van der Waals surface area contributed by atoms with Crippen LogP contribution in [-0.2, 0) is 17.6 Å². The molecule has 5 aromatic rings. The fraction of sp³-hybridized carbons (Fsp3) is 0.308. The molecule has 4 N–H and O–H groups in total. The van der Waals surface area contributed by atoms with Crippen LogP contribution in [0.3, 0.4) is 0 Å². The Labute approximate surface area is 305 Å². The maximum absolute atomic E-state index is 12.4. The van der Waals surface area contributed by atoms with Gasteiger partial charge in [0.2, 0.25) is 5.91 Å². The van der Waals surface area contributed by atoms with E-state index >= 15 is 0 Å². The molecule has 1 unspecified atom stereocenters. The second kappa shape index (κ2) is 18.8. The number of hydrogen-bond donors (Lipinski definition) is 3. The number of fused-ring (bicyclic) bond motifs is 1. The van der Waals surface area contributed by atoms with E-state index in [9.17, 15) is 9.90 Å². The van der Waals surface area contributed by atoms with Crippen molar-refractivity contribution in [2.45, 2.75) is 38.1 Å². The van der Waals surface area contributed by atoms with Crippen LogP contribution in [0.1, 0.15) is 36.0 Å². The van der Waals surface area contributed by atoms with Crippen LogP contribution in [0.25, 0.3) is 20.5 Å². The van der Waals surface area contributed by atoms with Crippen LogP contribution in [0.15, 0.2) is 97.1 Å². The second-order valence-corrected chi connectivity index (χ2v) is 13.2. The molecular weight excluding hydrogens is 677 g/mol. The summed E-state index contributed by atoms with van der Waals surface area (Å²) in [7, 11) is 0. The zero-order valence-corrected chi connectivity index (χ0v) is 30.0. The van der Waals surface area contributed by atoms with E-state index in [1.165, 1.54) is 57.6 Å². The Morgan fingerprint density at radius 1 is 0.837 bits per heavy atom. The Bertz CT molecular complexity index is 1740. The number of nitrogens with zero attached hydrogens (tertiary/aromatic N) is 1. The molecule has 6 rings (SSSR count). The highest BCUT2D eigenvalue weighted by atomic mass is 35.5. The van der Waals surface area contributed by atoms with E-state index in [0.717, 1.165) is 36.6 Å². The normalized spacial score (nSPS) is 13.3. The zero-order valence-electron chi connectivity index (χ0n) is 27.5. The summed E-state index contributed by atoms with van der Waals surface area (Å²) in [5, 5.41) is 13.6. The molecule has 0 radical (unpaired) electrons. The maximum atomic E-state index is 12.4. The molecule has 1 aliphatic heterocycles. The smallest absolute Gasteiger partial charge is 0.237 e. The van der Waals surface area contributed by atoms with Gasteiger partial charge in [0.05, 0.1) is 12.6 Å². The number of nitrogens with one attached hydrogen (secondary N) is 1. The lowest BCUT2D eigenvalue weighted by Gasteiger charge is -2.15. The molecule has 260 valence electrons. The third-order valence-electron chi connectivity index (χ3n) is 8.61. The van der Waals surface area contributed by atoms with Crippen LogP contribution in [0.2, 0.25) is 0 Å². The van der Waals surface area contributed by atoms with Crippen molar-refractivity contribution in [3.8, 4) is 27.7 Å². The van der Waals surface area contributed by atoms with Gasteiger partial charge in [0.15, 0.2) is 0 Å². The minimum absolute atomic E-state index is 0. The molecule has 4 aromatic carbocycles. The predicted octanol–water partition coefficient (Wildman–Crippen LogP) is 7.64. The summed E-state index contributed by atoms with van der Waals surface area (Å²) < 4.78 is 13.3. The first-order valence-electron chi connectivity index (χ1n) is 16.5. The second-order valence-electron chi connectivity index (χ2n) is 12.1. The third kappa shape index (κ3) is 10.6. The molecule has 49 heavy (non-hydrogen) atoms. The van der Waals surface area contributed by atoms with Gasteiger partial charge < -0.3 is 25.6 Å². The van der Waals surface area contributed by atoms with E-state index in [0.29, 0.717) is 26.0 Å². The number of nitrogens with two attached hydrogens (primary N) is 1. The molecule has 10 heteroatoms. The van der Waals surface area contributed by atoms with Crippen LogP contribution in [-0.4, -0.2) is 61.3 Å². The van der Waals surface area contributed by atoms with Gasteiger partial charge in [-0.05, 0) is 127 Å². The first kappa shape index (κ1) is 38.0. The van der Waals surface area contributed by atoms with E-state index in [1.807, 2.05) is 23.5 Å². The first-order chi connectivity index (χ1) is 23.0. The lowest BCUT2D eigenvalue weighted by molar-refractivity contribution is -0.122. The van der Waals surface area contributed by atoms with Crippen LogP contribution in [0.5, 0.6) is 17.2 Å². The van der Waals surface area contributed by atoms with Crippen molar-refractivity contribution in [1.82, 2.24) is 10.2 Å². The molecule has 1 fully saturated rings. The van der Waals surface area contributed by atoms with Gasteiger partial charge in [-0.3, -0.25) is 9.69 Å². The van der Waals surface area contributed by atoms with Gasteiger partial charge in [-0.1, -0.05) is 42.5 Å². The van der Waals surface area contributed by atoms with Gasteiger partial charge in [-0.25, -0.2) is 0 Å². The standard InChI is InChI=1S/C39H43N3O4S.2ClH/c40-36(27-29-8-14-31(43)15-9-29)39(44)41-20-5-24-45-33-18-12-30(13-19-33)38-35(34-6-1-2-7-37(34)47-38)26-28-10-16-32(17-11-28)46-25-23-42-21-3-4-22-42;;/h1-2,6-19,36,43H,3-5,20-27,40H2,(H,41,44);2*1H. The average molecular weight is 723 g/mol. The molecule has 7 nitrogen and oxygen atoms in total. The quantitative estimate of drug-likeness (QED) is 0.0962. The Morgan fingerprint density at radius 2 is 1.47 bits per heavy atom. The van der Waals surface area contributed by atoms with Gasteiger partial charge in [-0.2, -0.15) is 0 Å². The number of halogens is 2. The molecule has 0 spiro atoms. The van der Waals surface area contributed by atoms with E-state index < -0.39 is 6.04 Å². The summed E-state index contributed by atoms with van der Waals surface area (Å²) in [6.45, 7) is 5.07. The molecule has 1 atom stereocenters. The minimum atomic E-state index is -0.644. The number of carbonyl (C=O) groups is 1. The molecule has 0 bridgehead atoms. The topological polar surface area (TPSA) is 97.0 Å². The highest BCUT2D eigenvalue weighted by Gasteiger charge is 2.16. The number of rotatable bonds is 15. The lowest BCUT2D eigenvalue weighted by atomic mass is 9.99. The number of aromatic hydroxyl groups is 1. The Balaban J connectivity index is 0.00000270. The van der Waals surface area contributed by atoms with E-state index in [1.54, 1.807) is 24.3 Å². The maximum Gasteiger partial charge on any atom is 0.237 e. The van der Waals surface area contributed by atoms with Crippen LogP contribution >= 0.6 is 36.2 Å². The molecule has 0 aliphatic carbocycles. The van der Waals surface area contributed by atoms with Gasteiger partial charge in [0.1, 0.15) is 23.9 Å². The lowest BCUT2D eigenvalue weighted by Crippen LogP contribution is -2.42. The van der Waals surface area contributed by atoms with Crippen LogP contribution < -0.4 is 20.5 Å². The first-order valence-corrected chi connectivity index (χ1v) is 17.3. The number of carbonyl (C=O) groups excluding carboxylic acids is 1. The number of benzene rings is 4. The Kier molecular flexibility index (Phi) is 14.6. The van der Waals surface area contributed by atoms with Crippen molar-refractivity contribution in [3.05, 3.63) is 114 Å². The minimum Gasteiger partial charge on any atom is -0.508 e. The number of ether oxygens (including phenoxy) is 2. The number of likely N-dealkylation sites (tertiary alicyclic amines) is 1. The summed E-state index contributed by atoms with van der Waals surface area (Å²) >= 11 is 1.83. The van der Waals surface area contributed by atoms with Gasteiger partial charge >= 0.3 is 0 Å². The summed E-state index contributed by atoms with van der Waals surface area (Å²) in [6, 6.07) is 31.6. The zero-order chi connectivity index (χ0) is 32.4. The number of phenolic OH excluding ortho intramolecular Hbond substituents is 1. The predicted molar refractivity (Wildman–Crippen MR) is 205 cm³/mol. The van der Waals surface area contributed by atoms with Crippen molar-refractivity contribution in [3.63, 3.8) is 0 Å². The van der Waals surface area contributed by atoms with Gasteiger partial charge in [0.25, 0.3) is 0 Å². The fourth-order valence-corrected chi connectivity index (χ4v) is 7.23. The highest BCUT2D eigenvalue weighted by Crippen LogP contribution is 2.40. The number of hydrogen-bond acceptors (Lipinski definition) is 7. The van der Waals surface area contributed by atoms with E-state index in [4.69, 9.17) is 15.2 Å². The van der Waals surface area contributed by atoms with Crippen molar-refractivity contribution < 1.29 is 19.4 Å². The van der Waals surface area contributed by atoms with Crippen LogP contribution in [0.4, 0.5) is 0 Å². The molecular formula is C39H45Cl2N3O4S. The number of amides is 1. The van der Waals surface area contributed by atoms with E-state index in [2.05, 4.69) is 70.9 Å². The van der Waals surface area contributed by atoms with Crippen molar-refractivity contribution >= 4 is 52.1 Å². The largest absolute Gasteiger partial charge is 0.508 e. The van der Waals surface area contributed by atoms with Gasteiger partial charge in [0, 0.05) is 22.7 Å². The number of phenols is 1. The molecule has 1 amide bonds. The molecule has 1 aromatic heterocycles. The highest BCUT2D eigenvalue weighted by molar-refractivity contribution is 7.22. The van der Waals surface area contributed by atoms with Crippen molar-refractivity contribution in [1.29, 1.82) is 0 Å². The summed E-state index contributed by atoms with van der Waals surface area (Å²) in [6.07, 6.45) is 4.53. The molecule has 2 heterocycles. The third-order valence-corrected chi connectivity index (χ3v) is 9.87. The number of thiophene rings is 1. The van der Waals surface area contributed by atoms with Crippen molar-refractivity contribution in [2.24, 2.45) is 5.73 Å². The van der Waals surface area contributed by atoms with Gasteiger partial charge in [-0.15, -0.1) is 36.2 Å². The molecule has 1 saturated heterocycles. The Hall–Kier alpha value is -3.79. The van der Waals surface area contributed by atoms with Crippen LogP contribution in [0, 0.1) is 0 Å². The average Bonchev–Trinajstić information content (AvgIpc) is 3.75. The SMILES string of the molecule is Cl.Cl.NC(Cc1ccc(O)cc1)C(=O)NCCCOc1ccc(-c2sc3ccccc3c2Cc2ccc(OCCN3CCCC3)cc2)cc1. The van der Waals surface area contributed by atoms with Crippen molar-refractivity contribution in [2.75, 3.05) is 39.4 Å². The van der Waals surface area contributed by atoms with E-state index in [-0.39, 0.29) is 36.5 Å². The summed E-state index contributed by atoms with van der Waals surface area (Å²) in [4.78, 5) is 16.1. The summed E-state index contributed by atoms with van der Waals surface area (Å²) in [5.41, 5.74) is 10.7. The monoisotopic (exact) mass is 721 g/mol. The molecule has 0 saturated carbocycles. The fourth-order valence-electron chi connectivity index (χ4n) is 6.00. The Morgan fingerprint density at radius 3 is 2.18 bits per heavy atom. The molecule has 1 aliphatic rings.